The van der Waals surface area contributed by atoms with Crippen LogP contribution in [-0.4, -0.2) is 0 Å². The summed E-state index contributed by atoms with van der Waals surface area (Å²) >= 11 is 0. The fourth-order valence-electron chi connectivity index (χ4n) is 5.97. The zero-order chi connectivity index (χ0) is 14.0. The molecule has 0 aliphatic heterocycles. The van der Waals surface area contributed by atoms with Crippen LogP contribution in [0.15, 0.2) is 0 Å². The smallest absolute Gasteiger partial charge is 0.00914 e. The van der Waals surface area contributed by atoms with E-state index >= 15 is 0 Å². The van der Waals surface area contributed by atoms with Crippen molar-refractivity contribution in [1.29, 1.82) is 0 Å². The third-order valence-corrected chi connectivity index (χ3v) is 7.13. The van der Waals surface area contributed by atoms with Crippen LogP contribution in [0.4, 0.5) is 0 Å². The van der Waals surface area contributed by atoms with Crippen molar-refractivity contribution in [2.75, 3.05) is 0 Å². The Morgan fingerprint density at radius 3 is 2.65 bits per heavy atom. The highest BCUT2D eigenvalue weighted by molar-refractivity contribution is 5.04. The lowest BCUT2D eigenvalue weighted by Gasteiger charge is -2.49. The molecule has 20 heavy (non-hydrogen) atoms. The van der Waals surface area contributed by atoms with Crippen LogP contribution < -0.4 is 0 Å². The summed E-state index contributed by atoms with van der Waals surface area (Å²) in [5, 5.41) is 0. The van der Waals surface area contributed by atoms with Gasteiger partial charge in [0.25, 0.3) is 0 Å². The molecule has 0 aromatic heterocycles. The topological polar surface area (TPSA) is 0 Å². The maximum atomic E-state index is 3.43. The zero-order valence-electron chi connectivity index (χ0n) is 13.6. The number of hydrogen-bond donors (Lipinski definition) is 0. The predicted octanol–water partition coefficient (Wildman–Crippen LogP) is 5.81. The molecule has 112 valence electrons. The van der Waals surface area contributed by atoms with E-state index in [1.165, 1.54) is 64.2 Å². The van der Waals surface area contributed by atoms with Gasteiger partial charge in [0.05, 0.1) is 0 Å². The lowest BCUT2D eigenvalue weighted by atomic mass is 9.56. The van der Waals surface area contributed by atoms with Crippen LogP contribution in [0.25, 0.3) is 0 Å². The molecule has 3 aliphatic carbocycles. The van der Waals surface area contributed by atoms with E-state index in [1.807, 2.05) is 0 Å². The molecule has 0 nitrogen and oxygen atoms in total. The molecule has 0 unspecified atom stereocenters. The van der Waals surface area contributed by atoms with Gasteiger partial charge in [0.1, 0.15) is 0 Å². The van der Waals surface area contributed by atoms with Gasteiger partial charge in [-0.2, -0.15) is 0 Å². The second-order valence-electron chi connectivity index (χ2n) is 7.90. The molecule has 2 saturated carbocycles. The normalized spacial score (nSPS) is 44.9. The molecular weight excluding hydrogens is 240 g/mol. The van der Waals surface area contributed by atoms with Crippen molar-refractivity contribution in [3.05, 3.63) is 0 Å². The maximum Gasteiger partial charge on any atom is 0.00914 e. The van der Waals surface area contributed by atoms with E-state index in [9.17, 15) is 0 Å². The molecule has 0 spiro atoms. The van der Waals surface area contributed by atoms with E-state index in [4.69, 9.17) is 0 Å². The Morgan fingerprint density at radius 2 is 1.80 bits per heavy atom. The zero-order valence-corrected chi connectivity index (χ0v) is 13.6. The Hall–Kier alpha value is -0.440. The van der Waals surface area contributed by atoms with E-state index in [0.717, 1.165) is 30.1 Å². The van der Waals surface area contributed by atoms with E-state index in [-0.39, 0.29) is 0 Å². The fourth-order valence-corrected chi connectivity index (χ4v) is 5.97. The van der Waals surface area contributed by atoms with Crippen LogP contribution in [0.1, 0.15) is 84.5 Å². The first-order valence-electron chi connectivity index (χ1n) is 9.21. The second-order valence-corrected chi connectivity index (χ2v) is 7.90. The lowest BCUT2D eigenvalue weighted by Crippen LogP contribution is -2.41. The highest BCUT2D eigenvalue weighted by atomic mass is 14.6. The minimum atomic E-state index is 0.686. The third-order valence-electron chi connectivity index (χ3n) is 7.13. The summed E-state index contributed by atoms with van der Waals surface area (Å²) in [6.07, 6.45) is 15.4. The van der Waals surface area contributed by atoms with Gasteiger partial charge in [-0.25, -0.2) is 0 Å². The molecular formula is C20H32. The molecule has 0 saturated heterocycles. The molecule has 0 radical (unpaired) electrons. The van der Waals surface area contributed by atoms with Crippen LogP contribution in [0, 0.1) is 40.9 Å². The third kappa shape index (κ3) is 2.54. The van der Waals surface area contributed by atoms with E-state index < -0.39 is 0 Å². The number of hydrogen-bond acceptors (Lipinski definition) is 0. The van der Waals surface area contributed by atoms with Crippen LogP contribution in [-0.2, 0) is 0 Å². The van der Waals surface area contributed by atoms with Crippen molar-refractivity contribution < 1.29 is 0 Å². The average molecular weight is 272 g/mol. The van der Waals surface area contributed by atoms with Gasteiger partial charge in [0, 0.05) is 12.8 Å². The fraction of sp³-hybridized carbons (Fsp3) is 0.900. The van der Waals surface area contributed by atoms with E-state index in [1.54, 1.807) is 0 Å². The van der Waals surface area contributed by atoms with Crippen LogP contribution in [0.3, 0.4) is 0 Å². The van der Waals surface area contributed by atoms with Gasteiger partial charge >= 0.3 is 0 Å². The molecule has 0 aromatic rings. The molecule has 0 heterocycles. The monoisotopic (exact) mass is 272 g/mol. The number of rotatable bonds is 1. The Morgan fingerprint density at radius 1 is 0.950 bits per heavy atom. The van der Waals surface area contributed by atoms with Crippen molar-refractivity contribution in [2.24, 2.45) is 29.1 Å². The molecule has 0 amide bonds. The molecule has 0 N–H and O–H groups in total. The van der Waals surface area contributed by atoms with Crippen molar-refractivity contribution in [3.63, 3.8) is 0 Å². The molecule has 3 aliphatic rings. The average Bonchev–Trinajstić information content (AvgIpc) is 2.80. The summed E-state index contributed by atoms with van der Waals surface area (Å²) in [5.74, 6) is 10.9. The summed E-state index contributed by atoms with van der Waals surface area (Å²) in [7, 11) is 0. The van der Waals surface area contributed by atoms with E-state index in [0.29, 0.717) is 5.41 Å². The summed E-state index contributed by atoms with van der Waals surface area (Å²) in [6.45, 7) is 5.07. The van der Waals surface area contributed by atoms with Crippen LogP contribution >= 0.6 is 0 Å². The summed E-state index contributed by atoms with van der Waals surface area (Å²) in [5.41, 5.74) is 0.686. The Balaban J connectivity index is 1.78. The highest BCUT2D eigenvalue weighted by Crippen LogP contribution is 2.61. The SMILES string of the molecule is CC[C@H]1CC[C@H]2[C@@H]3CCCCC#CCC[C@H]3CC[C@]12C. The summed E-state index contributed by atoms with van der Waals surface area (Å²) in [4.78, 5) is 0. The summed E-state index contributed by atoms with van der Waals surface area (Å²) < 4.78 is 0. The van der Waals surface area contributed by atoms with Gasteiger partial charge in [-0.05, 0) is 74.0 Å². The predicted molar refractivity (Wildman–Crippen MR) is 86.3 cm³/mol. The van der Waals surface area contributed by atoms with Crippen molar-refractivity contribution in [2.45, 2.75) is 84.5 Å². The van der Waals surface area contributed by atoms with Gasteiger partial charge in [0.2, 0.25) is 0 Å². The molecule has 0 aromatic carbocycles. The van der Waals surface area contributed by atoms with Crippen molar-refractivity contribution >= 4 is 0 Å². The largest absolute Gasteiger partial charge is 0.103 e. The highest BCUT2D eigenvalue weighted by Gasteiger charge is 2.52. The standard InChI is InChI=1S/C20H32/c1-3-17-12-13-19-18-11-9-7-5-4-6-8-10-16(18)14-15-20(17,19)2/h16-19H,3,5,7-15H2,1-2H3/t16-,17-,18+,19-,20+/m0/s1. The first-order valence-corrected chi connectivity index (χ1v) is 9.21. The lowest BCUT2D eigenvalue weighted by molar-refractivity contribution is 0.00354. The maximum absolute atomic E-state index is 3.43. The minimum Gasteiger partial charge on any atom is -0.103 e. The molecule has 3 rings (SSSR count). The first kappa shape index (κ1) is 14.5. The minimum absolute atomic E-state index is 0.686. The molecule has 0 bridgehead atoms. The van der Waals surface area contributed by atoms with Crippen LogP contribution in [0.5, 0.6) is 0 Å². The van der Waals surface area contributed by atoms with Crippen molar-refractivity contribution in [3.8, 4) is 11.8 Å². The second kappa shape index (κ2) is 6.13. The van der Waals surface area contributed by atoms with Gasteiger partial charge in [-0.15, -0.1) is 11.8 Å². The van der Waals surface area contributed by atoms with E-state index in [2.05, 4.69) is 25.7 Å². The Bertz CT molecular complexity index is 385. The summed E-state index contributed by atoms with van der Waals surface area (Å²) in [6, 6.07) is 0. The molecule has 0 heteroatoms. The molecule has 5 atom stereocenters. The van der Waals surface area contributed by atoms with Gasteiger partial charge in [-0.3, -0.25) is 0 Å². The Kier molecular flexibility index (Phi) is 4.44. The quantitative estimate of drug-likeness (QED) is 0.528. The Labute approximate surface area is 126 Å². The number of fused-ring (bicyclic) bond motifs is 3. The van der Waals surface area contributed by atoms with Gasteiger partial charge in [0.15, 0.2) is 0 Å². The van der Waals surface area contributed by atoms with Crippen LogP contribution in [0.2, 0.25) is 0 Å². The van der Waals surface area contributed by atoms with Gasteiger partial charge in [-0.1, -0.05) is 26.7 Å². The van der Waals surface area contributed by atoms with Crippen molar-refractivity contribution in [1.82, 2.24) is 0 Å². The first-order chi connectivity index (χ1) is 9.75. The van der Waals surface area contributed by atoms with Gasteiger partial charge < -0.3 is 0 Å². The molecule has 2 fully saturated rings.